The molecule has 1 amide bonds. The molecule has 2 rings (SSSR count). The van der Waals surface area contributed by atoms with Crippen LogP contribution in [0.5, 0.6) is 0 Å². The number of nitrogens with zero attached hydrogens (tertiary/aromatic N) is 1. The van der Waals surface area contributed by atoms with Gasteiger partial charge in [-0.25, -0.2) is 0 Å². The molecule has 5 heteroatoms. The van der Waals surface area contributed by atoms with Crippen molar-refractivity contribution in [3.05, 3.63) is 28.8 Å². The number of carbonyl (C=O) groups is 1. The molecule has 0 aromatic heterocycles. The maximum atomic E-state index is 11.8. The Bertz CT molecular complexity index is 477. The molecular formula is C14H19ClN2O2. The van der Waals surface area contributed by atoms with E-state index in [1.807, 2.05) is 18.2 Å². The van der Waals surface area contributed by atoms with E-state index < -0.39 is 6.10 Å². The van der Waals surface area contributed by atoms with Gasteiger partial charge in [0.2, 0.25) is 5.91 Å². The molecule has 1 fully saturated rings. The number of anilines is 1. The molecule has 1 aliphatic heterocycles. The van der Waals surface area contributed by atoms with Gasteiger partial charge in [0.1, 0.15) is 6.04 Å². The molecule has 0 saturated carbocycles. The third-order valence-corrected chi connectivity index (χ3v) is 3.89. The number of halogens is 1. The zero-order valence-electron chi connectivity index (χ0n) is 11.2. The molecule has 2 atom stereocenters. The van der Waals surface area contributed by atoms with Crippen LogP contribution in [0.3, 0.4) is 0 Å². The summed E-state index contributed by atoms with van der Waals surface area (Å²) >= 11 is 6.18. The second kappa shape index (κ2) is 5.80. The highest BCUT2D eigenvalue weighted by Crippen LogP contribution is 2.31. The van der Waals surface area contributed by atoms with Crippen LogP contribution in [-0.4, -0.2) is 30.6 Å². The molecule has 0 spiro atoms. The predicted octanol–water partition coefficient (Wildman–Crippen LogP) is 2.11. The summed E-state index contributed by atoms with van der Waals surface area (Å²) in [6.45, 7) is 2.53. The largest absolute Gasteiger partial charge is 0.389 e. The average molecular weight is 283 g/mol. The highest BCUT2D eigenvalue weighted by Gasteiger charge is 2.30. The predicted molar refractivity (Wildman–Crippen MR) is 76.5 cm³/mol. The van der Waals surface area contributed by atoms with Gasteiger partial charge in [-0.3, -0.25) is 4.79 Å². The number of amides is 1. The zero-order chi connectivity index (χ0) is 14.0. The molecule has 104 valence electrons. The van der Waals surface area contributed by atoms with E-state index in [0.717, 1.165) is 25.1 Å². The molecule has 19 heavy (non-hydrogen) atoms. The minimum atomic E-state index is -0.588. The Hall–Kier alpha value is -1.26. The minimum Gasteiger partial charge on any atom is -0.389 e. The fourth-order valence-corrected chi connectivity index (χ4v) is 2.88. The summed E-state index contributed by atoms with van der Waals surface area (Å²) in [5, 5.41) is 12.8. The van der Waals surface area contributed by atoms with E-state index in [1.165, 1.54) is 0 Å². The van der Waals surface area contributed by atoms with Crippen LogP contribution in [0.2, 0.25) is 5.02 Å². The second-order valence-corrected chi connectivity index (χ2v) is 5.25. The maximum absolute atomic E-state index is 11.8. The fourth-order valence-electron chi connectivity index (χ4n) is 2.55. The Morgan fingerprint density at radius 2 is 2.32 bits per heavy atom. The second-order valence-electron chi connectivity index (χ2n) is 4.85. The van der Waals surface area contributed by atoms with Gasteiger partial charge in [-0.05, 0) is 37.5 Å². The van der Waals surface area contributed by atoms with E-state index in [9.17, 15) is 9.90 Å². The van der Waals surface area contributed by atoms with Crippen LogP contribution >= 0.6 is 11.6 Å². The molecule has 4 nitrogen and oxygen atoms in total. The van der Waals surface area contributed by atoms with E-state index in [4.69, 9.17) is 11.6 Å². The van der Waals surface area contributed by atoms with Gasteiger partial charge >= 0.3 is 0 Å². The molecule has 0 radical (unpaired) electrons. The number of likely N-dealkylation sites (N-methyl/N-ethyl adjacent to an activating group) is 1. The number of benzene rings is 1. The van der Waals surface area contributed by atoms with Gasteiger partial charge in [0.15, 0.2) is 0 Å². The SMILES string of the molecule is CNC(=O)C1CCCN1c1ccc(C(C)O)c(Cl)c1. The van der Waals surface area contributed by atoms with Gasteiger partial charge in [-0.1, -0.05) is 17.7 Å². The molecule has 1 aromatic carbocycles. The Labute approximate surface area is 118 Å². The third kappa shape index (κ3) is 2.85. The zero-order valence-corrected chi connectivity index (χ0v) is 11.9. The number of nitrogens with one attached hydrogen (secondary N) is 1. The van der Waals surface area contributed by atoms with Crippen molar-refractivity contribution >= 4 is 23.2 Å². The molecule has 1 heterocycles. The third-order valence-electron chi connectivity index (χ3n) is 3.57. The lowest BCUT2D eigenvalue weighted by Gasteiger charge is -2.26. The molecule has 0 bridgehead atoms. The van der Waals surface area contributed by atoms with Crippen LogP contribution < -0.4 is 10.2 Å². The van der Waals surface area contributed by atoms with Crippen LogP contribution in [0.15, 0.2) is 18.2 Å². The van der Waals surface area contributed by atoms with E-state index in [0.29, 0.717) is 10.6 Å². The van der Waals surface area contributed by atoms with E-state index in [2.05, 4.69) is 10.2 Å². The van der Waals surface area contributed by atoms with Crippen molar-refractivity contribution in [1.82, 2.24) is 5.32 Å². The summed E-state index contributed by atoms with van der Waals surface area (Å²) in [6, 6.07) is 5.43. The van der Waals surface area contributed by atoms with Crippen LogP contribution in [0.25, 0.3) is 0 Å². The smallest absolute Gasteiger partial charge is 0.242 e. The van der Waals surface area contributed by atoms with E-state index in [1.54, 1.807) is 14.0 Å². The lowest BCUT2D eigenvalue weighted by atomic mass is 10.1. The topological polar surface area (TPSA) is 52.6 Å². The van der Waals surface area contributed by atoms with Crippen molar-refractivity contribution in [3.8, 4) is 0 Å². The lowest BCUT2D eigenvalue weighted by Crippen LogP contribution is -2.42. The van der Waals surface area contributed by atoms with Crippen molar-refractivity contribution in [3.63, 3.8) is 0 Å². The van der Waals surface area contributed by atoms with E-state index in [-0.39, 0.29) is 11.9 Å². The standard InChI is InChI=1S/C14H19ClN2O2/c1-9(18)11-6-5-10(8-12(11)15)17-7-3-4-13(17)14(19)16-2/h5-6,8-9,13,18H,3-4,7H2,1-2H3,(H,16,19). The summed E-state index contributed by atoms with van der Waals surface area (Å²) in [4.78, 5) is 13.9. The fraction of sp³-hybridized carbons (Fsp3) is 0.500. The van der Waals surface area contributed by atoms with Gasteiger partial charge in [0, 0.05) is 24.3 Å². The van der Waals surface area contributed by atoms with Crippen LogP contribution in [0.4, 0.5) is 5.69 Å². The molecule has 2 unspecified atom stereocenters. The monoisotopic (exact) mass is 282 g/mol. The summed E-state index contributed by atoms with van der Waals surface area (Å²) in [5.41, 5.74) is 1.64. The quantitative estimate of drug-likeness (QED) is 0.893. The maximum Gasteiger partial charge on any atom is 0.242 e. The highest BCUT2D eigenvalue weighted by atomic mass is 35.5. The molecular weight excluding hydrogens is 264 g/mol. The van der Waals surface area contributed by atoms with E-state index >= 15 is 0 Å². The summed E-state index contributed by atoms with van der Waals surface area (Å²) in [7, 11) is 1.66. The number of rotatable bonds is 3. The van der Waals surface area contributed by atoms with Gasteiger partial charge in [0.05, 0.1) is 6.10 Å². The van der Waals surface area contributed by atoms with Gasteiger partial charge in [0.25, 0.3) is 0 Å². The lowest BCUT2D eigenvalue weighted by molar-refractivity contribution is -0.121. The molecule has 2 N–H and O–H groups in total. The van der Waals surface area contributed by atoms with Crippen molar-refractivity contribution in [2.75, 3.05) is 18.5 Å². The number of aliphatic hydroxyl groups excluding tert-OH is 1. The number of aliphatic hydroxyl groups is 1. The first-order chi connectivity index (χ1) is 9.04. The van der Waals surface area contributed by atoms with Gasteiger partial charge in [-0.15, -0.1) is 0 Å². The van der Waals surface area contributed by atoms with Gasteiger partial charge < -0.3 is 15.3 Å². The van der Waals surface area contributed by atoms with Gasteiger partial charge in [-0.2, -0.15) is 0 Å². The van der Waals surface area contributed by atoms with Crippen LogP contribution in [0.1, 0.15) is 31.4 Å². The number of carbonyl (C=O) groups excluding carboxylic acids is 1. The van der Waals surface area contributed by atoms with Crippen molar-refractivity contribution in [2.24, 2.45) is 0 Å². The minimum absolute atomic E-state index is 0.0354. The Kier molecular flexibility index (Phi) is 4.32. The molecule has 0 aliphatic carbocycles. The summed E-state index contributed by atoms with van der Waals surface area (Å²) in [5.74, 6) is 0.0354. The average Bonchev–Trinajstić information content (AvgIpc) is 2.86. The van der Waals surface area contributed by atoms with Crippen LogP contribution in [0, 0.1) is 0 Å². The normalized spacial score (nSPS) is 20.4. The molecule has 1 aromatic rings. The van der Waals surface area contributed by atoms with Crippen molar-refractivity contribution in [1.29, 1.82) is 0 Å². The molecule has 1 saturated heterocycles. The van der Waals surface area contributed by atoms with Crippen LogP contribution in [-0.2, 0) is 4.79 Å². The summed E-state index contributed by atoms with van der Waals surface area (Å²) < 4.78 is 0. The Morgan fingerprint density at radius 1 is 1.58 bits per heavy atom. The highest BCUT2D eigenvalue weighted by molar-refractivity contribution is 6.31. The number of hydrogen-bond acceptors (Lipinski definition) is 3. The molecule has 1 aliphatic rings. The van der Waals surface area contributed by atoms with Crippen molar-refractivity contribution in [2.45, 2.75) is 31.9 Å². The first-order valence-corrected chi connectivity index (χ1v) is 6.88. The first-order valence-electron chi connectivity index (χ1n) is 6.50. The van der Waals surface area contributed by atoms with Crippen molar-refractivity contribution < 1.29 is 9.90 Å². The first kappa shape index (κ1) is 14.2. The summed E-state index contributed by atoms with van der Waals surface area (Å²) in [6.07, 6.45) is 1.26. The Balaban J connectivity index is 2.26. The number of hydrogen-bond donors (Lipinski definition) is 2. The Morgan fingerprint density at radius 3 is 2.89 bits per heavy atom.